The van der Waals surface area contributed by atoms with Crippen molar-refractivity contribution in [2.75, 3.05) is 148 Å². The summed E-state index contributed by atoms with van der Waals surface area (Å²) in [6.45, 7) is 11.8. The summed E-state index contributed by atoms with van der Waals surface area (Å²) in [7, 11) is 4.81. The van der Waals surface area contributed by atoms with Gasteiger partial charge >= 0.3 is 17.6 Å². The minimum absolute atomic E-state index is 0.507. The molecule has 0 unspecified atom stereocenters. The highest BCUT2D eigenvalue weighted by Gasteiger charge is 2.38. The van der Waals surface area contributed by atoms with E-state index in [0.717, 1.165) is 51.1 Å². The Morgan fingerprint density at radius 1 is 0.375 bits per heavy atom. The number of hydrogen-bond acceptors (Lipinski definition) is 14. The number of ether oxygens (including phenoxy) is 8. The molecule has 20 heteroatoms. The molecule has 0 spiro atoms. The third-order valence-electron chi connectivity index (χ3n) is 8.75. The SMILES string of the molecule is CO[Si](CCC[n+]1ccn(CCOCCOCCOCCOCCOCCOCCOCCOCCn2cc[n+](CCC[Si](OC)(OC)OC)c2)c1)(OC)OC. The summed E-state index contributed by atoms with van der Waals surface area (Å²) in [6.07, 6.45) is 14.2. The highest BCUT2D eigenvalue weighted by Crippen LogP contribution is 2.15. The molecular weight excluding hydrogens is 769 g/mol. The Bertz CT molecular complexity index is 1070. The van der Waals surface area contributed by atoms with Crippen LogP contribution < -0.4 is 9.13 Å². The topological polar surface area (TPSA) is 147 Å². The van der Waals surface area contributed by atoms with E-state index in [9.17, 15) is 0 Å². The Labute approximate surface area is 336 Å². The summed E-state index contributed by atoms with van der Waals surface area (Å²) in [6, 6.07) is 1.54. The molecule has 0 radical (unpaired) electrons. The number of aromatic nitrogens is 4. The van der Waals surface area contributed by atoms with Crippen LogP contribution in [-0.2, 0) is 90.6 Å². The van der Waals surface area contributed by atoms with Crippen molar-refractivity contribution in [1.29, 1.82) is 0 Å². The van der Waals surface area contributed by atoms with Crippen molar-refractivity contribution in [3.63, 3.8) is 0 Å². The van der Waals surface area contributed by atoms with Gasteiger partial charge in [0.15, 0.2) is 0 Å². The van der Waals surface area contributed by atoms with Crippen molar-refractivity contribution in [3.05, 3.63) is 37.4 Å². The molecule has 2 aromatic heterocycles. The zero-order valence-corrected chi connectivity index (χ0v) is 36.9. The van der Waals surface area contributed by atoms with Crippen LogP contribution in [0.1, 0.15) is 12.8 Å². The van der Waals surface area contributed by atoms with Gasteiger partial charge in [-0.2, -0.15) is 0 Å². The predicted molar refractivity (Wildman–Crippen MR) is 208 cm³/mol. The van der Waals surface area contributed by atoms with Crippen LogP contribution in [0.25, 0.3) is 0 Å². The molecule has 2 heterocycles. The van der Waals surface area contributed by atoms with Crippen LogP contribution in [0, 0.1) is 0 Å². The van der Waals surface area contributed by atoms with Crippen LogP contribution in [0.2, 0.25) is 12.1 Å². The minimum Gasteiger partial charge on any atom is -0.377 e. The second-order valence-corrected chi connectivity index (χ2v) is 18.7. The van der Waals surface area contributed by atoms with E-state index in [0.29, 0.717) is 106 Å². The average molecular weight is 841 g/mol. The van der Waals surface area contributed by atoms with Crippen LogP contribution in [-0.4, -0.2) is 175 Å². The Kier molecular flexibility index (Phi) is 29.9. The smallest absolute Gasteiger partial charge is 0.377 e. The lowest BCUT2D eigenvalue weighted by Gasteiger charge is -2.23. The molecule has 0 amide bonds. The van der Waals surface area contributed by atoms with E-state index in [4.69, 9.17) is 64.5 Å². The molecule has 18 nitrogen and oxygen atoms in total. The van der Waals surface area contributed by atoms with Crippen molar-refractivity contribution >= 4 is 17.6 Å². The van der Waals surface area contributed by atoms with E-state index in [-0.39, 0.29) is 0 Å². The van der Waals surface area contributed by atoms with Crippen LogP contribution in [0.15, 0.2) is 37.4 Å². The van der Waals surface area contributed by atoms with Gasteiger partial charge in [-0.05, 0) is 12.8 Å². The predicted octanol–water partition coefficient (Wildman–Crippen LogP) is 1.23. The lowest BCUT2D eigenvalue weighted by molar-refractivity contribution is -0.696. The monoisotopic (exact) mass is 840 g/mol. The van der Waals surface area contributed by atoms with Crippen LogP contribution in [0.4, 0.5) is 0 Å². The molecule has 2 rings (SSSR count). The lowest BCUT2D eigenvalue weighted by Crippen LogP contribution is -2.43. The average Bonchev–Trinajstić information content (AvgIpc) is 3.89. The van der Waals surface area contributed by atoms with Gasteiger partial charge in [0.2, 0.25) is 12.7 Å². The van der Waals surface area contributed by atoms with Gasteiger partial charge in [-0.25, -0.2) is 18.3 Å². The van der Waals surface area contributed by atoms with Crippen LogP contribution in [0.5, 0.6) is 0 Å². The van der Waals surface area contributed by atoms with Gasteiger partial charge in [0.25, 0.3) is 0 Å². The van der Waals surface area contributed by atoms with Gasteiger partial charge < -0.3 is 64.5 Å². The van der Waals surface area contributed by atoms with E-state index in [1.807, 2.05) is 12.4 Å². The summed E-state index contributed by atoms with van der Waals surface area (Å²) < 4.78 is 86.1. The van der Waals surface area contributed by atoms with Crippen molar-refractivity contribution < 1.29 is 73.6 Å². The Balaban J connectivity index is 1.25. The minimum atomic E-state index is -2.52. The van der Waals surface area contributed by atoms with Crippen molar-refractivity contribution in [1.82, 2.24) is 9.13 Å². The van der Waals surface area contributed by atoms with Gasteiger partial charge in [0.05, 0.1) is 119 Å². The molecule has 2 aromatic rings. The summed E-state index contributed by atoms with van der Waals surface area (Å²) in [5, 5.41) is 0. The number of imidazole rings is 2. The van der Waals surface area contributed by atoms with E-state index < -0.39 is 17.6 Å². The van der Waals surface area contributed by atoms with Gasteiger partial charge in [-0.3, -0.25) is 0 Å². The van der Waals surface area contributed by atoms with Crippen molar-refractivity contribution in [2.45, 2.75) is 51.1 Å². The first-order valence-electron chi connectivity index (χ1n) is 19.5. The Hall–Kier alpha value is -1.71. The molecule has 0 bridgehead atoms. The molecule has 56 heavy (non-hydrogen) atoms. The molecule has 0 saturated carbocycles. The molecule has 0 saturated heterocycles. The van der Waals surface area contributed by atoms with Gasteiger partial charge in [0.1, 0.15) is 37.9 Å². The Morgan fingerprint density at radius 2 is 0.625 bits per heavy atom. The number of hydrogen-bond donors (Lipinski definition) is 0. The molecule has 0 fully saturated rings. The summed E-state index contributed by atoms with van der Waals surface area (Å²) in [4.78, 5) is 0. The maximum Gasteiger partial charge on any atom is 0.500 e. The van der Waals surface area contributed by atoms with Gasteiger partial charge in [-0.15, -0.1) is 0 Å². The molecular formula is C36H72N4O14Si2+2. The normalized spacial score (nSPS) is 12.3. The van der Waals surface area contributed by atoms with Crippen molar-refractivity contribution in [3.8, 4) is 0 Å². The van der Waals surface area contributed by atoms with Gasteiger partial charge in [-0.1, -0.05) is 0 Å². The zero-order chi connectivity index (χ0) is 40.4. The first-order valence-corrected chi connectivity index (χ1v) is 23.4. The molecule has 0 aliphatic heterocycles. The lowest BCUT2D eigenvalue weighted by atomic mass is 10.5. The van der Waals surface area contributed by atoms with E-state index in [2.05, 4.69) is 43.3 Å². The molecule has 0 atom stereocenters. The maximum absolute atomic E-state index is 5.69. The number of rotatable bonds is 41. The highest BCUT2D eigenvalue weighted by atomic mass is 28.4. The third kappa shape index (κ3) is 23.0. The highest BCUT2D eigenvalue weighted by molar-refractivity contribution is 6.60. The first kappa shape index (κ1) is 50.4. The second-order valence-electron chi connectivity index (χ2n) is 12.5. The quantitative estimate of drug-likeness (QED) is 0.0538. The zero-order valence-electron chi connectivity index (χ0n) is 34.9. The molecule has 326 valence electrons. The summed E-state index contributed by atoms with van der Waals surface area (Å²) in [5.41, 5.74) is 0. The standard InChI is InChI=1S/C36H72N4O14Si2/c1-41-55(42-2,43-3)33-7-9-37-11-13-39(35-37)15-17-47-19-21-49-23-25-51-27-29-53-31-32-54-30-28-52-26-24-50-22-20-48-18-16-40-14-12-38(36-40)10-8-34-56(44-4,45-5)46-6/h11-14,35-36H,7-10,15-34H2,1-6H3/q+2. The fourth-order valence-corrected chi connectivity index (χ4v) is 8.86. The summed E-state index contributed by atoms with van der Waals surface area (Å²) in [5.74, 6) is 0. The Morgan fingerprint density at radius 3 is 0.875 bits per heavy atom. The van der Waals surface area contributed by atoms with Crippen LogP contribution in [0.3, 0.4) is 0 Å². The first-order chi connectivity index (χ1) is 27.5. The van der Waals surface area contributed by atoms with E-state index in [1.165, 1.54) is 0 Å². The number of nitrogens with zero attached hydrogens (tertiary/aromatic N) is 4. The summed E-state index contributed by atoms with van der Waals surface area (Å²) >= 11 is 0. The number of aryl methyl sites for hydroxylation is 2. The fourth-order valence-electron chi connectivity index (χ4n) is 5.46. The van der Waals surface area contributed by atoms with Crippen molar-refractivity contribution in [2.24, 2.45) is 0 Å². The van der Waals surface area contributed by atoms with E-state index >= 15 is 0 Å². The molecule has 0 aliphatic carbocycles. The van der Waals surface area contributed by atoms with Gasteiger partial charge in [0, 0.05) is 54.7 Å². The molecule has 0 aliphatic rings. The largest absolute Gasteiger partial charge is 0.500 e. The fraction of sp³-hybridized carbons (Fsp3) is 0.833. The molecule has 0 aromatic carbocycles. The van der Waals surface area contributed by atoms with Crippen LogP contribution >= 0.6 is 0 Å². The maximum atomic E-state index is 5.69. The third-order valence-corrected chi connectivity index (χ3v) is 14.4. The molecule has 0 N–H and O–H groups in total. The second kappa shape index (κ2) is 33.2. The van der Waals surface area contributed by atoms with E-state index in [1.54, 1.807) is 42.7 Å².